The molecular weight excluding hydrogens is 260 g/mol. The molecule has 0 bridgehead atoms. The maximum absolute atomic E-state index is 4.46. The molecule has 4 heteroatoms. The van der Waals surface area contributed by atoms with Crippen LogP contribution in [-0.4, -0.2) is 54.7 Å². The van der Waals surface area contributed by atoms with E-state index in [9.17, 15) is 0 Å². The molecule has 116 valence electrons. The third-order valence-electron chi connectivity index (χ3n) is 4.72. The molecular formula is C17H28N4. The normalized spacial score (nSPS) is 22.6. The highest BCUT2D eigenvalue weighted by atomic mass is 15.2. The predicted molar refractivity (Wildman–Crippen MR) is 87.7 cm³/mol. The molecule has 2 aliphatic heterocycles. The molecule has 4 nitrogen and oxygen atoms in total. The van der Waals surface area contributed by atoms with Gasteiger partial charge in [0.25, 0.3) is 0 Å². The summed E-state index contributed by atoms with van der Waals surface area (Å²) in [6, 6.07) is 7.45. The summed E-state index contributed by atoms with van der Waals surface area (Å²) < 4.78 is 0. The van der Waals surface area contributed by atoms with Gasteiger partial charge in [0.15, 0.2) is 0 Å². The van der Waals surface area contributed by atoms with Crippen molar-refractivity contribution in [3.8, 4) is 0 Å². The minimum absolute atomic E-state index is 0.606. The van der Waals surface area contributed by atoms with E-state index in [1.807, 2.05) is 12.3 Å². The number of likely N-dealkylation sites (tertiary alicyclic amines) is 1. The molecule has 2 saturated heterocycles. The monoisotopic (exact) mass is 288 g/mol. The Morgan fingerprint density at radius 1 is 1.19 bits per heavy atom. The molecule has 1 atom stereocenters. The zero-order chi connectivity index (χ0) is 14.5. The van der Waals surface area contributed by atoms with Gasteiger partial charge in [0, 0.05) is 37.9 Å². The van der Waals surface area contributed by atoms with Gasteiger partial charge in [0.05, 0.1) is 0 Å². The average Bonchev–Trinajstić information content (AvgIpc) is 3.02. The molecule has 1 aromatic rings. The lowest BCUT2D eigenvalue weighted by atomic mass is 10.0. The van der Waals surface area contributed by atoms with E-state index in [1.165, 1.54) is 45.3 Å². The standard InChI is InChI=1S/C17H28N4/c1-15(14-20-10-4-5-11-20)19-16-7-12-21(13-8-16)17-6-2-3-9-18-17/h2-3,6,9,15-16,19H,4-5,7-8,10-14H2,1H3. The van der Waals surface area contributed by atoms with Crippen molar-refractivity contribution in [1.29, 1.82) is 0 Å². The number of hydrogen-bond donors (Lipinski definition) is 1. The Balaban J connectivity index is 1.41. The molecule has 0 amide bonds. The van der Waals surface area contributed by atoms with E-state index < -0.39 is 0 Å². The Kier molecular flexibility index (Phi) is 5.09. The molecule has 0 saturated carbocycles. The van der Waals surface area contributed by atoms with E-state index in [-0.39, 0.29) is 0 Å². The first-order chi connectivity index (χ1) is 10.3. The SMILES string of the molecule is CC(CN1CCCC1)NC1CCN(c2ccccn2)CC1. The van der Waals surface area contributed by atoms with E-state index in [2.05, 4.69) is 39.2 Å². The summed E-state index contributed by atoms with van der Waals surface area (Å²) in [5, 5.41) is 3.83. The Morgan fingerprint density at radius 3 is 2.62 bits per heavy atom. The molecule has 0 aliphatic carbocycles. The molecule has 1 aromatic heterocycles. The van der Waals surface area contributed by atoms with Gasteiger partial charge in [0.1, 0.15) is 5.82 Å². The van der Waals surface area contributed by atoms with Crippen LogP contribution in [0.25, 0.3) is 0 Å². The van der Waals surface area contributed by atoms with Gasteiger partial charge in [-0.25, -0.2) is 4.98 Å². The van der Waals surface area contributed by atoms with Gasteiger partial charge in [-0.15, -0.1) is 0 Å². The molecule has 3 heterocycles. The van der Waals surface area contributed by atoms with Crippen molar-refractivity contribution in [2.24, 2.45) is 0 Å². The lowest BCUT2D eigenvalue weighted by Gasteiger charge is -2.35. The molecule has 0 radical (unpaired) electrons. The number of anilines is 1. The highest BCUT2D eigenvalue weighted by Crippen LogP contribution is 2.17. The summed E-state index contributed by atoms with van der Waals surface area (Å²) in [5.41, 5.74) is 0. The van der Waals surface area contributed by atoms with E-state index in [1.54, 1.807) is 0 Å². The summed E-state index contributed by atoms with van der Waals surface area (Å²) in [7, 11) is 0. The fraction of sp³-hybridized carbons (Fsp3) is 0.706. The molecule has 2 fully saturated rings. The Labute approximate surface area is 128 Å². The van der Waals surface area contributed by atoms with Crippen LogP contribution < -0.4 is 10.2 Å². The van der Waals surface area contributed by atoms with Gasteiger partial charge >= 0.3 is 0 Å². The number of pyridine rings is 1. The minimum Gasteiger partial charge on any atom is -0.357 e. The van der Waals surface area contributed by atoms with E-state index in [4.69, 9.17) is 0 Å². The number of hydrogen-bond acceptors (Lipinski definition) is 4. The summed E-state index contributed by atoms with van der Waals surface area (Å²) in [4.78, 5) is 9.46. The van der Waals surface area contributed by atoms with Crippen LogP contribution >= 0.6 is 0 Å². The third-order valence-corrected chi connectivity index (χ3v) is 4.72. The molecule has 3 rings (SSSR count). The Bertz CT molecular complexity index is 408. The minimum atomic E-state index is 0.606. The van der Waals surface area contributed by atoms with Gasteiger partial charge in [-0.1, -0.05) is 6.07 Å². The van der Waals surface area contributed by atoms with Crippen molar-refractivity contribution in [2.45, 2.75) is 44.7 Å². The molecule has 1 unspecified atom stereocenters. The van der Waals surface area contributed by atoms with E-state index in [0.717, 1.165) is 18.9 Å². The lowest BCUT2D eigenvalue weighted by molar-refractivity contribution is 0.274. The molecule has 21 heavy (non-hydrogen) atoms. The van der Waals surface area contributed by atoms with Gasteiger partial charge in [-0.3, -0.25) is 0 Å². The third kappa shape index (κ3) is 4.17. The first-order valence-corrected chi connectivity index (χ1v) is 8.45. The lowest BCUT2D eigenvalue weighted by Crippen LogP contribution is -2.48. The van der Waals surface area contributed by atoms with E-state index >= 15 is 0 Å². The second-order valence-electron chi connectivity index (χ2n) is 6.52. The highest BCUT2D eigenvalue weighted by Gasteiger charge is 2.22. The smallest absolute Gasteiger partial charge is 0.128 e. The van der Waals surface area contributed by atoms with Crippen molar-refractivity contribution in [1.82, 2.24) is 15.2 Å². The van der Waals surface area contributed by atoms with Crippen LogP contribution in [0.4, 0.5) is 5.82 Å². The van der Waals surface area contributed by atoms with Crippen LogP contribution in [0.2, 0.25) is 0 Å². The second-order valence-corrected chi connectivity index (χ2v) is 6.52. The first-order valence-electron chi connectivity index (χ1n) is 8.45. The summed E-state index contributed by atoms with van der Waals surface area (Å²) in [6.07, 6.45) is 7.10. The largest absolute Gasteiger partial charge is 0.357 e. The number of nitrogens with one attached hydrogen (secondary N) is 1. The summed E-state index contributed by atoms with van der Waals surface area (Å²) in [6.45, 7) is 8.37. The maximum atomic E-state index is 4.46. The fourth-order valence-corrected chi connectivity index (χ4v) is 3.62. The van der Waals surface area contributed by atoms with Crippen LogP contribution in [-0.2, 0) is 0 Å². The van der Waals surface area contributed by atoms with Crippen molar-refractivity contribution < 1.29 is 0 Å². The number of nitrogens with zero attached hydrogens (tertiary/aromatic N) is 3. The highest BCUT2D eigenvalue weighted by molar-refractivity contribution is 5.38. The second kappa shape index (κ2) is 7.23. The molecule has 2 aliphatic rings. The number of aromatic nitrogens is 1. The van der Waals surface area contributed by atoms with Crippen LogP contribution in [0.3, 0.4) is 0 Å². The number of piperidine rings is 1. The summed E-state index contributed by atoms with van der Waals surface area (Å²) in [5.74, 6) is 1.13. The van der Waals surface area contributed by atoms with Gasteiger partial charge < -0.3 is 15.1 Å². The number of rotatable bonds is 5. The van der Waals surface area contributed by atoms with E-state index in [0.29, 0.717) is 12.1 Å². The van der Waals surface area contributed by atoms with Crippen molar-refractivity contribution >= 4 is 5.82 Å². The van der Waals surface area contributed by atoms with Gasteiger partial charge in [-0.05, 0) is 57.8 Å². The molecule has 1 N–H and O–H groups in total. The van der Waals surface area contributed by atoms with Crippen molar-refractivity contribution in [3.63, 3.8) is 0 Å². The predicted octanol–water partition coefficient (Wildman–Crippen LogP) is 2.12. The summed E-state index contributed by atoms with van der Waals surface area (Å²) >= 11 is 0. The Morgan fingerprint density at radius 2 is 1.95 bits per heavy atom. The zero-order valence-electron chi connectivity index (χ0n) is 13.2. The average molecular weight is 288 g/mol. The van der Waals surface area contributed by atoms with Crippen LogP contribution in [0.15, 0.2) is 24.4 Å². The van der Waals surface area contributed by atoms with Gasteiger partial charge in [-0.2, -0.15) is 0 Å². The Hall–Kier alpha value is -1.13. The van der Waals surface area contributed by atoms with Crippen molar-refractivity contribution in [2.75, 3.05) is 37.6 Å². The topological polar surface area (TPSA) is 31.4 Å². The quantitative estimate of drug-likeness (QED) is 0.899. The molecule has 0 aromatic carbocycles. The van der Waals surface area contributed by atoms with Crippen LogP contribution in [0.1, 0.15) is 32.6 Å². The van der Waals surface area contributed by atoms with Gasteiger partial charge in [0.2, 0.25) is 0 Å². The van der Waals surface area contributed by atoms with Crippen molar-refractivity contribution in [3.05, 3.63) is 24.4 Å². The fourth-order valence-electron chi connectivity index (χ4n) is 3.62. The maximum Gasteiger partial charge on any atom is 0.128 e. The van der Waals surface area contributed by atoms with Crippen LogP contribution in [0, 0.1) is 0 Å². The zero-order valence-corrected chi connectivity index (χ0v) is 13.2. The molecule has 0 spiro atoms. The van der Waals surface area contributed by atoms with Crippen LogP contribution in [0.5, 0.6) is 0 Å². The first kappa shape index (κ1) is 14.8.